The van der Waals surface area contributed by atoms with E-state index in [0.29, 0.717) is 5.89 Å². The minimum absolute atomic E-state index is 0.0109. The summed E-state index contributed by atoms with van der Waals surface area (Å²) in [7, 11) is 0. The highest BCUT2D eigenvalue weighted by Crippen LogP contribution is 2.23. The summed E-state index contributed by atoms with van der Waals surface area (Å²) in [4.78, 5) is 16.7. The van der Waals surface area contributed by atoms with Crippen LogP contribution in [0.5, 0.6) is 0 Å². The molecule has 20 heavy (non-hydrogen) atoms. The molecular formula is C15H19N3O2. The van der Waals surface area contributed by atoms with Gasteiger partial charge in [-0.1, -0.05) is 0 Å². The second-order valence-electron chi connectivity index (χ2n) is 5.59. The Morgan fingerprint density at radius 1 is 1.45 bits per heavy atom. The Kier molecular flexibility index (Phi) is 3.22. The van der Waals surface area contributed by atoms with Crippen molar-refractivity contribution in [2.45, 2.75) is 38.6 Å². The molecule has 1 atom stereocenters. The average Bonchev–Trinajstić information content (AvgIpc) is 2.79. The van der Waals surface area contributed by atoms with Gasteiger partial charge in [0.1, 0.15) is 5.52 Å². The minimum atomic E-state index is -0.479. The Morgan fingerprint density at radius 3 is 3.05 bits per heavy atom. The average molecular weight is 273 g/mol. The number of aromatic nitrogens is 1. The molecule has 1 aromatic heterocycles. The fourth-order valence-corrected chi connectivity index (χ4v) is 2.64. The molecule has 5 nitrogen and oxygen atoms in total. The van der Waals surface area contributed by atoms with E-state index in [1.54, 1.807) is 0 Å². The van der Waals surface area contributed by atoms with E-state index in [2.05, 4.69) is 15.6 Å². The first-order valence-electron chi connectivity index (χ1n) is 7.00. The molecule has 0 spiro atoms. The van der Waals surface area contributed by atoms with E-state index in [1.807, 2.05) is 32.0 Å². The van der Waals surface area contributed by atoms with Crippen LogP contribution in [-0.2, 0) is 4.79 Å². The predicted molar refractivity (Wildman–Crippen MR) is 77.6 cm³/mol. The number of oxazole rings is 1. The van der Waals surface area contributed by atoms with Crippen LogP contribution in [0, 0.1) is 6.92 Å². The van der Waals surface area contributed by atoms with Crippen molar-refractivity contribution in [1.29, 1.82) is 0 Å². The number of carbonyl (C=O) groups is 1. The molecule has 0 saturated carbocycles. The Labute approximate surface area is 117 Å². The van der Waals surface area contributed by atoms with Gasteiger partial charge in [-0.25, -0.2) is 4.98 Å². The summed E-state index contributed by atoms with van der Waals surface area (Å²) in [5.74, 6) is 0.640. The molecule has 1 amide bonds. The van der Waals surface area contributed by atoms with Gasteiger partial charge >= 0.3 is 0 Å². The van der Waals surface area contributed by atoms with Crippen LogP contribution >= 0.6 is 0 Å². The van der Waals surface area contributed by atoms with Crippen LogP contribution in [0.15, 0.2) is 22.6 Å². The number of amides is 1. The number of benzene rings is 1. The van der Waals surface area contributed by atoms with Gasteiger partial charge < -0.3 is 15.1 Å². The van der Waals surface area contributed by atoms with Crippen LogP contribution < -0.4 is 10.6 Å². The number of carbonyl (C=O) groups excluding carboxylic acids is 1. The molecule has 1 saturated heterocycles. The molecule has 106 valence electrons. The Morgan fingerprint density at radius 2 is 2.30 bits per heavy atom. The number of nitrogens with one attached hydrogen (secondary N) is 2. The first-order valence-corrected chi connectivity index (χ1v) is 7.00. The monoisotopic (exact) mass is 273 g/mol. The summed E-state index contributed by atoms with van der Waals surface area (Å²) in [5, 5.41) is 6.28. The number of nitrogens with zero attached hydrogens (tertiary/aromatic N) is 1. The second-order valence-corrected chi connectivity index (χ2v) is 5.59. The summed E-state index contributed by atoms with van der Waals surface area (Å²) in [6.45, 7) is 4.66. The van der Waals surface area contributed by atoms with Crippen molar-refractivity contribution < 1.29 is 9.21 Å². The number of aryl methyl sites for hydroxylation is 1. The molecule has 0 aliphatic carbocycles. The zero-order valence-corrected chi connectivity index (χ0v) is 11.8. The smallest absolute Gasteiger partial charge is 0.244 e. The maximum atomic E-state index is 12.4. The number of anilines is 1. The fourth-order valence-electron chi connectivity index (χ4n) is 2.64. The van der Waals surface area contributed by atoms with Crippen LogP contribution in [0.2, 0.25) is 0 Å². The van der Waals surface area contributed by atoms with Gasteiger partial charge in [-0.2, -0.15) is 0 Å². The van der Waals surface area contributed by atoms with E-state index in [1.165, 1.54) is 0 Å². The van der Waals surface area contributed by atoms with Gasteiger partial charge in [-0.15, -0.1) is 0 Å². The highest BCUT2D eigenvalue weighted by Gasteiger charge is 2.34. The normalized spacial score (nSPS) is 22.9. The first kappa shape index (κ1) is 13.1. The maximum Gasteiger partial charge on any atom is 0.244 e. The molecular weight excluding hydrogens is 254 g/mol. The zero-order chi connectivity index (χ0) is 14.2. The topological polar surface area (TPSA) is 67.2 Å². The number of fused-ring (bicyclic) bond motifs is 1. The van der Waals surface area contributed by atoms with E-state index in [0.717, 1.165) is 42.6 Å². The third-order valence-corrected chi connectivity index (χ3v) is 3.87. The molecule has 1 aliphatic rings. The summed E-state index contributed by atoms with van der Waals surface area (Å²) < 4.78 is 5.43. The predicted octanol–water partition coefficient (Wildman–Crippen LogP) is 2.61. The van der Waals surface area contributed by atoms with Gasteiger partial charge in [0.05, 0.1) is 5.54 Å². The molecule has 0 bridgehead atoms. The number of piperidine rings is 1. The third kappa shape index (κ3) is 2.41. The summed E-state index contributed by atoms with van der Waals surface area (Å²) in [6.07, 6.45) is 3.08. The van der Waals surface area contributed by atoms with Gasteiger partial charge in [0.15, 0.2) is 11.5 Å². The standard InChI is InChI=1S/C15H19N3O2/c1-10-17-12-9-11(5-6-13(12)20-10)18-14(19)15(2)7-3-4-8-16-15/h5-6,9,16H,3-4,7-8H2,1-2H3,(H,18,19). The van der Waals surface area contributed by atoms with Gasteiger partial charge in [0.2, 0.25) is 5.91 Å². The molecule has 2 N–H and O–H groups in total. The first-order chi connectivity index (χ1) is 9.57. The fraction of sp³-hybridized carbons (Fsp3) is 0.467. The highest BCUT2D eigenvalue weighted by molar-refractivity contribution is 5.99. The number of hydrogen-bond acceptors (Lipinski definition) is 4. The highest BCUT2D eigenvalue weighted by atomic mass is 16.3. The van der Waals surface area contributed by atoms with Crippen LogP contribution in [0.1, 0.15) is 32.1 Å². The van der Waals surface area contributed by atoms with Crippen molar-refractivity contribution in [3.63, 3.8) is 0 Å². The molecule has 5 heteroatoms. The van der Waals surface area contributed by atoms with Crippen molar-refractivity contribution in [3.05, 3.63) is 24.1 Å². The van der Waals surface area contributed by atoms with E-state index in [-0.39, 0.29) is 5.91 Å². The van der Waals surface area contributed by atoms with Crippen LogP contribution in [-0.4, -0.2) is 23.0 Å². The molecule has 1 aliphatic heterocycles. The quantitative estimate of drug-likeness (QED) is 0.882. The largest absolute Gasteiger partial charge is 0.441 e. The van der Waals surface area contributed by atoms with E-state index in [4.69, 9.17) is 4.42 Å². The van der Waals surface area contributed by atoms with Gasteiger partial charge in [0.25, 0.3) is 0 Å². The second kappa shape index (κ2) is 4.90. The van der Waals surface area contributed by atoms with Crippen LogP contribution in [0.25, 0.3) is 11.1 Å². The lowest BCUT2D eigenvalue weighted by atomic mass is 9.90. The van der Waals surface area contributed by atoms with Gasteiger partial charge in [-0.3, -0.25) is 4.79 Å². The third-order valence-electron chi connectivity index (χ3n) is 3.87. The molecule has 0 radical (unpaired) electrons. The zero-order valence-electron chi connectivity index (χ0n) is 11.8. The van der Waals surface area contributed by atoms with Crippen LogP contribution in [0.3, 0.4) is 0 Å². The number of hydrogen-bond donors (Lipinski definition) is 2. The molecule has 2 aromatic rings. The lowest BCUT2D eigenvalue weighted by Crippen LogP contribution is -2.54. The molecule has 1 fully saturated rings. The van der Waals surface area contributed by atoms with Crippen molar-refractivity contribution in [1.82, 2.24) is 10.3 Å². The van der Waals surface area contributed by atoms with Crippen molar-refractivity contribution in [2.75, 3.05) is 11.9 Å². The van der Waals surface area contributed by atoms with E-state index < -0.39 is 5.54 Å². The molecule has 2 heterocycles. The number of rotatable bonds is 2. The SMILES string of the molecule is Cc1nc2cc(NC(=O)C3(C)CCCCN3)ccc2o1. The molecule has 1 unspecified atom stereocenters. The lowest BCUT2D eigenvalue weighted by molar-refractivity contribution is -0.122. The summed E-state index contributed by atoms with van der Waals surface area (Å²) >= 11 is 0. The van der Waals surface area contributed by atoms with Crippen LogP contribution in [0.4, 0.5) is 5.69 Å². The summed E-state index contributed by atoms with van der Waals surface area (Å²) in [5.41, 5.74) is 1.78. The van der Waals surface area contributed by atoms with Crippen molar-refractivity contribution in [2.24, 2.45) is 0 Å². The lowest BCUT2D eigenvalue weighted by Gasteiger charge is -2.33. The summed E-state index contributed by atoms with van der Waals surface area (Å²) in [6, 6.07) is 5.52. The van der Waals surface area contributed by atoms with E-state index >= 15 is 0 Å². The molecule has 3 rings (SSSR count). The van der Waals surface area contributed by atoms with E-state index in [9.17, 15) is 4.79 Å². The van der Waals surface area contributed by atoms with Gasteiger partial charge in [0, 0.05) is 12.6 Å². The molecule has 1 aromatic carbocycles. The minimum Gasteiger partial charge on any atom is -0.441 e. The van der Waals surface area contributed by atoms with Crippen molar-refractivity contribution >= 4 is 22.7 Å². The van der Waals surface area contributed by atoms with Gasteiger partial charge in [-0.05, 0) is 50.9 Å². The Bertz CT molecular complexity index is 642. The Hall–Kier alpha value is -1.88. The van der Waals surface area contributed by atoms with Crippen molar-refractivity contribution in [3.8, 4) is 0 Å². The maximum absolute atomic E-state index is 12.4. The Balaban J connectivity index is 1.79.